The van der Waals surface area contributed by atoms with E-state index in [1.54, 1.807) is 0 Å². The highest BCUT2D eigenvalue weighted by molar-refractivity contribution is 7.93. The molecule has 16 heteroatoms. The van der Waals surface area contributed by atoms with Gasteiger partial charge in [-0.3, -0.25) is 4.72 Å². The Morgan fingerprint density at radius 1 is 0.829 bits per heavy atom. The molecule has 0 aliphatic rings. The Bertz CT molecular complexity index is 1660. The Labute approximate surface area is 225 Å². The number of aromatic amines is 1. The van der Waals surface area contributed by atoms with Crippen LogP contribution < -0.4 is 9.46 Å². The van der Waals surface area contributed by atoms with Crippen molar-refractivity contribution in [3.05, 3.63) is 78.1 Å². The van der Waals surface area contributed by atoms with Crippen LogP contribution in [0.15, 0.2) is 66.7 Å². The molecule has 1 heterocycles. The van der Waals surface area contributed by atoms with Gasteiger partial charge in [0.15, 0.2) is 0 Å². The summed E-state index contributed by atoms with van der Waals surface area (Å²) < 4.78 is 144. The molecule has 0 atom stereocenters. The first-order valence-electron chi connectivity index (χ1n) is 11.2. The number of rotatable bonds is 7. The van der Waals surface area contributed by atoms with Crippen LogP contribution in [0.3, 0.4) is 0 Å². The number of nitrogens with one attached hydrogen (secondary N) is 2. The molecule has 0 saturated heterocycles. The average molecular weight is 609 g/mol. The summed E-state index contributed by atoms with van der Waals surface area (Å²) in [6, 6.07) is 14.4. The van der Waals surface area contributed by atoms with Crippen LogP contribution in [0, 0.1) is 0 Å². The molecule has 0 unspecified atom stereocenters. The van der Waals surface area contributed by atoms with Gasteiger partial charge in [0, 0.05) is 5.56 Å². The van der Waals surface area contributed by atoms with Gasteiger partial charge in [-0.05, 0) is 47.5 Å². The van der Waals surface area contributed by atoms with Crippen molar-refractivity contribution >= 4 is 38.9 Å². The van der Waals surface area contributed by atoms with Crippen molar-refractivity contribution in [2.45, 2.75) is 24.0 Å². The van der Waals surface area contributed by atoms with E-state index < -0.39 is 39.7 Å². The van der Waals surface area contributed by atoms with Gasteiger partial charge in [-0.25, -0.2) is 4.98 Å². The molecule has 4 rings (SSSR count). The molecule has 0 fully saturated rings. The zero-order valence-electron chi connectivity index (χ0n) is 20.1. The van der Waals surface area contributed by atoms with E-state index in [1.807, 2.05) is 0 Å². The number of nitrogens with zero attached hydrogens (tertiary/aromatic N) is 1. The van der Waals surface area contributed by atoms with Gasteiger partial charge in [-0.1, -0.05) is 42.5 Å². The Morgan fingerprint density at radius 3 is 2.07 bits per heavy atom. The second-order valence-corrected chi connectivity index (χ2v) is 10.1. The minimum Gasteiger partial charge on any atom is -0.471 e. The second kappa shape index (κ2) is 10.6. The predicted octanol–water partition coefficient (Wildman–Crippen LogP) is 7.53. The fourth-order valence-electron chi connectivity index (χ4n) is 3.59. The molecule has 2 N–H and O–H groups in total. The van der Waals surface area contributed by atoms with E-state index in [-0.39, 0.29) is 17.1 Å². The normalized spacial score (nSPS) is 13.3. The highest BCUT2D eigenvalue weighted by Gasteiger charge is 2.59. The SMILES string of the molecule is O=S(=O)(Nc1ccccc1-c1ccc2nc(C=Cc3ccc(OC(C(F)(F)F)C(F)(F)F)cc3)[nH]c2c1)C(F)(F)F. The molecule has 0 aliphatic carbocycles. The molecule has 6 nitrogen and oxygen atoms in total. The van der Waals surface area contributed by atoms with Crippen LogP contribution in [0.25, 0.3) is 34.3 Å². The summed E-state index contributed by atoms with van der Waals surface area (Å²) in [5.74, 6) is -0.353. The Balaban J connectivity index is 1.53. The lowest BCUT2D eigenvalue weighted by Crippen LogP contribution is -2.46. The van der Waals surface area contributed by atoms with E-state index in [0.717, 1.165) is 12.1 Å². The smallest absolute Gasteiger partial charge is 0.471 e. The third-order valence-corrected chi connectivity index (χ3v) is 6.55. The number of halogens is 9. The van der Waals surface area contributed by atoms with Crippen molar-refractivity contribution in [3.63, 3.8) is 0 Å². The predicted molar refractivity (Wildman–Crippen MR) is 132 cm³/mol. The summed E-state index contributed by atoms with van der Waals surface area (Å²) in [5.41, 5.74) is -4.02. The van der Waals surface area contributed by atoms with Crippen molar-refractivity contribution in [2.24, 2.45) is 0 Å². The molecule has 0 spiro atoms. The zero-order valence-corrected chi connectivity index (χ0v) is 20.9. The van der Waals surface area contributed by atoms with Gasteiger partial charge >= 0.3 is 27.9 Å². The Kier molecular flexibility index (Phi) is 7.73. The maximum Gasteiger partial charge on any atom is 0.516 e. The van der Waals surface area contributed by atoms with Crippen molar-refractivity contribution in [1.82, 2.24) is 9.97 Å². The highest BCUT2D eigenvalue weighted by Crippen LogP contribution is 2.37. The molecule has 0 aliphatic heterocycles. The number of aromatic nitrogens is 2. The summed E-state index contributed by atoms with van der Waals surface area (Å²) in [6.07, 6.45) is -12.4. The fraction of sp³-hybridized carbons (Fsp3) is 0.160. The Morgan fingerprint density at radius 2 is 1.46 bits per heavy atom. The maximum absolute atomic E-state index is 12.9. The van der Waals surface area contributed by atoms with Crippen LogP contribution in [0.5, 0.6) is 5.75 Å². The van der Waals surface area contributed by atoms with Crippen LogP contribution in [-0.4, -0.2) is 42.4 Å². The summed E-state index contributed by atoms with van der Waals surface area (Å²) in [7, 11) is -5.66. The number of sulfonamides is 1. The molecule has 0 radical (unpaired) electrons. The first-order chi connectivity index (χ1) is 18.9. The number of imidazole rings is 1. The lowest BCUT2D eigenvalue weighted by atomic mass is 10.0. The summed E-state index contributed by atoms with van der Waals surface area (Å²) in [6.45, 7) is 0. The van der Waals surface area contributed by atoms with E-state index in [0.29, 0.717) is 22.2 Å². The Hall–Kier alpha value is -4.21. The van der Waals surface area contributed by atoms with Gasteiger partial charge in [0.05, 0.1) is 16.7 Å². The molecule has 0 bridgehead atoms. The minimum absolute atomic E-state index is 0.162. The molecule has 1 aromatic heterocycles. The zero-order chi connectivity index (χ0) is 30.2. The van der Waals surface area contributed by atoms with E-state index in [2.05, 4.69) is 14.7 Å². The molecular weight excluding hydrogens is 593 g/mol. The molecule has 3 aromatic carbocycles. The number of H-pyrrole nitrogens is 1. The summed E-state index contributed by atoms with van der Waals surface area (Å²) in [4.78, 5) is 7.26. The van der Waals surface area contributed by atoms with Gasteiger partial charge < -0.3 is 9.72 Å². The standard InChI is InChI=1S/C25H16F9N3O3S/c26-23(27,28)22(24(29,30)31)40-16-9-5-14(6-10-16)7-12-21-35-19-11-8-15(13-20(19)36-21)17-3-1-2-4-18(17)37-41(38,39)25(32,33)34/h1-13,22,37H,(H,35,36). The maximum atomic E-state index is 12.9. The highest BCUT2D eigenvalue weighted by atomic mass is 32.2. The van der Waals surface area contributed by atoms with Crippen molar-refractivity contribution in [2.75, 3.05) is 4.72 Å². The van der Waals surface area contributed by atoms with Gasteiger partial charge in [0.25, 0.3) is 6.10 Å². The van der Waals surface area contributed by atoms with E-state index in [4.69, 9.17) is 0 Å². The molecule has 0 amide bonds. The summed E-state index contributed by atoms with van der Waals surface area (Å²) >= 11 is 0. The topological polar surface area (TPSA) is 84.1 Å². The number of anilines is 1. The molecular formula is C25H16F9N3O3S. The van der Waals surface area contributed by atoms with Gasteiger partial charge in [-0.2, -0.15) is 47.9 Å². The largest absolute Gasteiger partial charge is 0.516 e. The quantitative estimate of drug-likeness (QED) is 0.212. The van der Waals surface area contributed by atoms with Crippen LogP contribution in [-0.2, 0) is 10.0 Å². The number of benzene rings is 3. The van der Waals surface area contributed by atoms with Gasteiger partial charge in [0.1, 0.15) is 11.6 Å². The van der Waals surface area contributed by atoms with Crippen molar-refractivity contribution in [3.8, 4) is 16.9 Å². The van der Waals surface area contributed by atoms with Crippen molar-refractivity contribution in [1.29, 1.82) is 0 Å². The van der Waals surface area contributed by atoms with E-state index in [1.165, 1.54) is 71.5 Å². The molecule has 4 aromatic rings. The minimum atomic E-state index is -5.66. The monoisotopic (exact) mass is 609 g/mol. The number of alkyl halides is 9. The lowest BCUT2D eigenvalue weighted by Gasteiger charge is -2.23. The average Bonchev–Trinajstić information content (AvgIpc) is 3.27. The van der Waals surface area contributed by atoms with Crippen LogP contribution >= 0.6 is 0 Å². The number of hydrogen-bond donors (Lipinski definition) is 2. The van der Waals surface area contributed by atoms with E-state index in [9.17, 15) is 47.9 Å². The third kappa shape index (κ3) is 6.93. The lowest BCUT2D eigenvalue weighted by molar-refractivity contribution is -0.299. The second-order valence-electron chi connectivity index (χ2n) is 8.43. The number of hydrogen-bond acceptors (Lipinski definition) is 4. The number of para-hydroxylation sites is 1. The third-order valence-electron chi connectivity index (χ3n) is 5.45. The van der Waals surface area contributed by atoms with E-state index >= 15 is 0 Å². The molecule has 41 heavy (non-hydrogen) atoms. The van der Waals surface area contributed by atoms with Crippen molar-refractivity contribution < 1.29 is 52.7 Å². The van der Waals surface area contributed by atoms with Gasteiger partial charge in [0.2, 0.25) is 0 Å². The molecule has 0 saturated carbocycles. The summed E-state index contributed by atoms with van der Waals surface area (Å²) in [5, 5.41) is 0. The van der Waals surface area contributed by atoms with Crippen LogP contribution in [0.1, 0.15) is 11.4 Å². The number of fused-ring (bicyclic) bond motifs is 1. The number of ether oxygens (including phenoxy) is 1. The molecule has 218 valence electrons. The fourth-order valence-corrected chi connectivity index (χ4v) is 4.17. The van der Waals surface area contributed by atoms with Crippen LogP contribution in [0.4, 0.5) is 45.2 Å². The van der Waals surface area contributed by atoms with Crippen LogP contribution in [0.2, 0.25) is 0 Å². The van der Waals surface area contributed by atoms with Gasteiger partial charge in [-0.15, -0.1) is 0 Å². The first-order valence-corrected chi connectivity index (χ1v) is 12.7. The first kappa shape index (κ1) is 29.8.